The van der Waals surface area contributed by atoms with Crippen LogP contribution in [0.1, 0.15) is 55.0 Å². The molecule has 0 bridgehead atoms. The van der Waals surface area contributed by atoms with Crippen molar-refractivity contribution >= 4 is 11.6 Å². The van der Waals surface area contributed by atoms with Gasteiger partial charge in [-0.3, -0.25) is 4.79 Å². The number of anilines is 1. The van der Waals surface area contributed by atoms with Crippen molar-refractivity contribution in [2.75, 3.05) is 18.0 Å². The molecule has 0 spiro atoms. The molecule has 3 rings (SSSR count). The Morgan fingerprint density at radius 1 is 1.11 bits per heavy atom. The first-order chi connectivity index (χ1) is 12.9. The van der Waals surface area contributed by atoms with Crippen LogP contribution in [0.2, 0.25) is 0 Å². The van der Waals surface area contributed by atoms with Crippen molar-refractivity contribution < 1.29 is 4.79 Å². The zero-order chi connectivity index (χ0) is 19.4. The minimum Gasteiger partial charge on any atom is -0.372 e. The van der Waals surface area contributed by atoms with E-state index in [1.54, 1.807) is 0 Å². The molecule has 1 unspecified atom stereocenters. The lowest BCUT2D eigenvalue weighted by Gasteiger charge is -2.32. The lowest BCUT2D eigenvalue weighted by Crippen LogP contribution is -2.32. The maximum absolute atomic E-state index is 12.5. The monoisotopic (exact) mass is 364 g/mol. The second-order valence-electron chi connectivity index (χ2n) is 8.16. The molecule has 0 aliphatic carbocycles. The molecule has 0 radical (unpaired) electrons. The average Bonchev–Trinajstić information content (AvgIpc) is 2.65. The quantitative estimate of drug-likeness (QED) is 0.813. The molecule has 3 heteroatoms. The predicted molar refractivity (Wildman–Crippen MR) is 113 cm³/mol. The minimum atomic E-state index is 0.0127. The third-order valence-corrected chi connectivity index (χ3v) is 5.77. The Hall–Kier alpha value is -2.29. The van der Waals surface area contributed by atoms with Gasteiger partial charge in [0.15, 0.2) is 0 Å². The molecule has 2 aromatic rings. The smallest absolute Gasteiger partial charge is 0.224 e. The molecular weight excluding hydrogens is 332 g/mol. The molecule has 3 nitrogen and oxygen atoms in total. The number of carbonyl (C=O) groups is 1. The Bertz CT molecular complexity index is 773. The largest absolute Gasteiger partial charge is 0.372 e. The SMILES string of the molecule is Cc1ccc(CC(=O)NC(C)c2ccc(N3CCC(C)CC3)cc2)c(C)c1. The Morgan fingerprint density at radius 3 is 2.41 bits per heavy atom. The second-order valence-corrected chi connectivity index (χ2v) is 8.16. The Labute approximate surface area is 163 Å². The summed E-state index contributed by atoms with van der Waals surface area (Å²) in [7, 11) is 0. The fourth-order valence-corrected chi connectivity index (χ4v) is 3.83. The van der Waals surface area contributed by atoms with Crippen molar-refractivity contribution in [2.45, 2.75) is 53.0 Å². The van der Waals surface area contributed by atoms with Crippen molar-refractivity contribution in [1.29, 1.82) is 0 Å². The molecule has 27 heavy (non-hydrogen) atoms. The van der Waals surface area contributed by atoms with Gasteiger partial charge in [0.05, 0.1) is 12.5 Å². The summed E-state index contributed by atoms with van der Waals surface area (Å²) in [5.41, 5.74) is 5.95. The second kappa shape index (κ2) is 8.60. The molecule has 1 N–H and O–H groups in total. The molecule has 0 aromatic heterocycles. The van der Waals surface area contributed by atoms with Crippen LogP contribution >= 0.6 is 0 Å². The summed E-state index contributed by atoms with van der Waals surface area (Å²) in [5, 5.41) is 3.14. The van der Waals surface area contributed by atoms with Crippen molar-refractivity contribution in [3.05, 3.63) is 64.7 Å². The fraction of sp³-hybridized carbons (Fsp3) is 0.458. The molecule has 1 aliphatic heterocycles. The van der Waals surface area contributed by atoms with Crippen LogP contribution in [0.5, 0.6) is 0 Å². The van der Waals surface area contributed by atoms with Gasteiger partial charge in [-0.05, 0) is 68.4 Å². The molecule has 1 amide bonds. The van der Waals surface area contributed by atoms with Gasteiger partial charge in [0, 0.05) is 18.8 Å². The summed E-state index contributed by atoms with van der Waals surface area (Å²) >= 11 is 0. The van der Waals surface area contributed by atoms with Crippen molar-refractivity contribution in [3.8, 4) is 0 Å². The van der Waals surface area contributed by atoms with E-state index in [-0.39, 0.29) is 11.9 Å². The first-order valence-electron chi connectivity index (χ1n) is 10.1. The summed E-state index contributed by atoms with van der Waals surface area (Å²) in [5.74, 6) is 0.913. The summed E-state index contributed by atoms with van der Waals surface area (Å²) in [6.45, 7) is 10.8. The van der Waals surface area contributed by atoms with Crippen LogP contribution in [0.25, 0.3) is 0 Å². The topological polar surface area (TPSA) is 32.3 Å². The molecule has 1 aliphatic rings. The fourth-order valence-electron chi connectivity index (χ4n) is 3.83. The third kappa shape index (κ3) is 5.12. The van der Waals surface area contributed by atoms with Crippen molar-refractivity contribution in [2.24, 2.45) is 5.92 Å². The molecule has 1 saturated heterocycles. The standard InChI is InChI=1S/C24H32N2O/c1-17-11-13-26(14-12-17)23-9-7-21(8-10-23)20(4)25-24(27)16-22-6-5-18(2)15-19(22)3/h5-10,15,17,20H,11-14,16H2,1-4H3,(H,25,27). The molecule has 1 atom stereocenters. The van der Waals surface area contributed by atoms with Gasteiger partial charge in [-0.15, -0.1) is 0 Å². The number of benzene rings is 2. The van der Waals surface area contributed by atoms with E-state index in [9.17, 15) is 4.79 Å². The number of rotatable bonds is 5. The molecule has 1 heterocycles. The molecule has 2 aromatic carbocycles. The van der Waals surface area contributed by atoms with Crippen molar-refractivity contribution in [1.82, 2.24) is 5.32 Å². The van der Waals surface area contributed by atoms with E-state index in [0.29, 0.717) is 6.42 Å². The lowest BCUT2D eigenvalue weighted by atomic mass is 9.98. The van der Waals surface area contributed by atoms with E-state index in [0.717, 1.165) is 30.1 Å². The lowest BCUT2D eigenvalue weighted by molar-refractivity contribution is -0.121. The van der Waals surface area contributed by atoms with Gasteiger partial charge in [-0.2, -0.15) is 0 Å². The van der Waals surface area contributed by atoms with Crippen LogP contribution in [-0.4, -0.2) is 19.0 Å². The van der Waals surface area contributed by atoms with Crippen LogP contribution in [-0.2, 0) is 11.2 Å². The number of nitrogens with zero attached hydrogens (tertiary/aromatic N) is 1. The van der Waals surface area contributed by atoms with Gasteiger partial charge >= 0.3 is 0 Å². The van der Waals surface area contributed by atoms with E-state index in [4.69, 9.17) is 0 Å². The number of amides is 1. The zero-order valence-corrected chi connectivity index (χ0v) is 17.1. The van der Waals surface area contributed by atoms with Gasteiger partial charge in [0.25, 0.3) is 0 Å². The van der Waals surface area contributed by atoms with Gasteiger partial charge in [-0.25, -0.2) is 0 Å². The van der Waals surface area contributed by atoms with Crippen LogP contribution in [0, 0.1) is 19.8 Å². The van der Waals surface area contributed by atoms with E-state index in [1.165, 1.54) is 29.7 Å². The average molecular weight is 365 g/mol. The molecule has 144 valence electrons. The van der Waals surface area contributed by atoms with E-state index >= 15 is 0 Å². The minimum absolute atomic E-state index is 0.0127. The van der Waals surface area contributed by atoms with Gasteiger partial charge in [-0.1, -0.05) is 42.8 Å². The van der Waals surface area contributed by atoms with Crippen LogP contribution in [0.3, 0.4) is 0 Å². The number of nitrogens with one attached hydrogen (secondary N) is 1. The third-order valence-electron chi connectivity index (χ3n) is 5.77. The Balaban J connectivity index is 1.57. The maximum Gasteiger partial charge on any atom is 0.224 e. The number of hydrogen-bond donors (Lipinski definition) is 1. The molecular formula is C24H32N2O. The highest BCUT2D eigenvalue weighted by Crippen LogP contribution is 2.24. The Kier molecular flexibility index (Phi) is 6.20. The number of hydrogen-bond acceptors (Lipinski definition) is 2. The summed E-state index contributed by atoms with van der Waals surface area (Å²) in [6, 6.07) is 15.0. The highest BCUT2D eigenvalue weighted by atomic mass is 16.1. The zero-order valence-electron chi connectivity index (χ0n) is 17.1. The number of carbonyl (C=O) groups excluding carboxylic acids is 1. The van der Waals surface area contributed by atoms with Gasteiger partial charge in [0.1, 0.15) is 0 Å². The van der Waals surface area contributed by atoms with Gasteiger partial charge in [0.2, 0.25) is 5.91 Å². The van der Waals surface area contributed by atoms with Crippen LogP contribution in [0.4, 0.5) is 5.69 Å². The van der Waals surface area contributed by atoms with E-state index < -0.39 is 0 Å². The highest BCUT2D eigenvalue weighted by Gasteiger charge is 2.17. The van der Waals surface area contributed by atoms with E-state index in [1.807, 2.05) is 0 Å². The first-order valence-corrected chi connectivity index (χ1v) is 10.1. The van der Waals surface area contributed by atoms with E-state index in [2.05, 4.69) is 80.4 Å². The summed E-state index contributed by atoms with van der Waals surface area (Å²) in [4.78, 5) is 14.9. The predicted octanol–water partition coefficient (Wildman–Crippen LogP) is 4.96. The first kappa shape index (κ1) is 19.5. The maximum atomic E-state index is 12.5. The van der Waals surface area contributed by atoms with Crippen LogP contribution in [0.15, 0.2) is 42.5 Å². The Morgan fingerprint density at radius 2 is 1.78 bits per heavy atom. The highest BCUT2D eigenvalue weighted by molar-refractivity contribution is 5.79. The molecule has 1 fully saturated rings. The normalized spacial score (nSPS) is 16.2. The van der Waals surface area contributed by atoms with Crippen molar-refractivity contribution in [3.63, 3.8) is 0 Å². The summed E-state index contributed by atoms with van der Waals surface area (Å²) in [6.07, 6.45) is 2.97. The van der Waals surface area contributed by atoms with Gasteiger partial charge < -0.3 is 10.2 Å². The van der Waals surface area contributed by atoms with Crippen LogP contribution < -0.4 is 10.2 Å². The number of piperidine rings is 1. The molecule has 0 saturated carbocycles. The summed E-state index contributed by atoms with van der Waals surface area (Å²) < 4.78 is 0. The number of aryl methyl sites for hydroxylation is 2.